The van der Waals surface area contributed by atoms with E-state index in [9.17, 15) is 4.79 Å². The molecule has 8 heavy (non-hydrogen) atoms. The van der Waals surface area contributed by atoms with Crippen molar-refractivity contribution < 1.29 is 9.53 Å². The average Bonchev–Trinajstić information content (AvgIpc) is 2.24. The van der Waals surface area contributed by atoms with Gasteiger partial charge in [-0.25, -0.2) is 0 Å². The first kappa shape index (κ1) is 6.70. The summed E-state index contributed by atoms with van der Waals surface area (Å²) in [5.74, 6) is -0.157. The number of hydrogen-bond acceptors (Lipinski definition) is 3. The quantitative estimate of drug-likeness (QED) is 0.338. The lowest BCUT2D eigenvalue weighted by atomic mass is 10.5. The summed E-state index contributed by atoms with van der Waals surface area (Å²) in [4.78, 5) is 9.96. The van der Waals surface area contributed by atoms with E-state index < -0.39 is 0 Å². The van der Waals surface area contributed by atoms with Gasteiger partial charge in [0.15, 0.2) is 0 Å². The summed E-state index contributed by atoms with van der Waals surface area (Å²) in [6.07, 6.45) is 3.53. The first-order valence-corrected chi connectivity index (χ1v) is 1.96. The van der Waals surface area contributed by atoms with Crippen LogP contribution in [0.5, 0.6) is 0 Å². The van der Waals surface area contributed by atoms with E-state index in [1.165, 1.54) is 6.26 Å². The molecule has 3 heteroatoms. The highest BCUT2D eigenvalue weighted by molar-refractivity contribution is 5.73. The van der Waals surface area contributed by atoms with Gasteiger partial charge in [-0.1, -0.05) is 0 Å². The molecule has 0 aromatic heterocycles. The summed E-state index contributed by atoms with van der Waals surface area (Å²) in [6.45, 7) is 4.75. The van der Waals surface area contributed by atoms with Gasteiger partial charge in [0.1, 0.15) is 0 Å². The molecular formula is C5H4NO2-. The molecule has 0 aromatic rings. The van der Waals surface area contributed by atoms with Crippen LogP contribution in [0.1, 0.15) is 6.42 Å². The van der Waals surface area contributed by atoms with Crippen LogP contribution in [0, 0.1) is 11.8 Å². The van der Waals surface area contributed by atoms with E-state index in [2.05, 4.69) is 4.74 Å². The van der Waals surface area contributed by atoms with Gasteiger partial charge in [-0.15, -0.1) is 0 Å². The summed E-state index contributed by atoms with van der Waals surface area (Å²) >= 11 is 0. The van der Waals surface area contributed by atoms with E-state index in [-0.39, 0.29) is 5.97 Å². The third kappa shape index (κ3) is 1.98. The molecule has 0 radical (unpaired) electrons. The van der Waals surface area contributed by atoms with E-state index in [0.29, 0.717) is 6.42 Å². The van der Waals surface area contributed by atoms with Gasteiger partial charge < -0.3 is 16.6 Å². The summed E-state index contributed by atoms with van der Waals surface area (Å²) in [7, 11) is 0. The Bertz CT molecular complexity index is 116. The minimum absolute atomic E-state index is 0.157. The third-order valence-corrected chi connectivity index (χ3v) is 0.580. The molecule has 0 amide bonds. The Labute approximate surface area is 47.2 Å². The number of cyclic esters (lactones) is 1. The molecule has 0 aromatic carbocycles. The van der Waals surface area contributed by atoms with Crippen molar-refractivity contribution in [1.82, 2.24) is 0 Å². The van der Waals surface area contributed by atoms with Crippen LogP contribution in [0.15, 0.2) is 12.3 Å². The second kappa shape index (κ2) is 3.88. The lowest BCUT2D eigenvalue weighted by Gasteiger charge is -1.78. The standard InChI is InChI=1S/C4H4O2.CN/c5-4-2-1-3-6-4;1-2/h1,3H,2H2;/q;-1. The molecule has 3 nitrogen and oxygen atoms in total. The molecule has 0 saturated carbocycles. The van der Waals surface area contributed by atoms with Gasteiger partial charge in [0.25, 0.3) is 0 Å². The second-order valence-corrected chi connectivity index (χ2v) is 1.07. The van der Waals surface area contributed by atoms with Crippen LogP contribution in [-0.2, 0) is 9.53 Å². The Hall–Kier alpha value is -1.30. The van der Waals surface area contributed by atoms with Crippen molar-refractivity contribution in [2.45, 2.75) is 6.42 Å². The zero-order chi connectivity index (χ0) is 6.41. The van der Waals surface area contributed by atoms with E-state index in [1.54, 1.807) is 6.08 Å². The minimum Gasteiger partial charge on any atom is -0.512 e. The van der Waals surface area contributed by atoms with Crippen molar-refractivity contribution in [2.24, 2.45) is 0 Å². The third-order valence-electron chi connectivity index (χ3n) is 0.580. The Morgan fingerprint density at radius 2 is 2.38 bits per heavy atom. The van der Waals surface area contributed by atoms with Crippen molar-refractivity contribution in [3.8, 4) is 0 Å². The molecule has 0 aliphatic carbocycles. The minimum atomic E-state index is -0.157. The Morgan fingerprint density at radius 3 is 2.50 bits per heavy atom. The van der Waals surface area contributed by atoms with E-state index in [0.717, 1.165) is 0 Å². The monoisotopic (exact) mass is 110 g/mol. The lowest BCUT2D eigenvalue weighted by molar-refractivity contribution is -0.135. The molecule has 0 unspecified atom stereocenters. The van der Waals surface area contributed by atoms with Crippen molar-refractivity contribution in [3.63, 3.8) is 0 Å². The molecule has 1 rings (SSSR count). The van der Waals surface area contributed by atoms with Crippen LogP contribution in [0.25, 0.3) is 0 Å². The van der Waals surface area contributed by atoms with Crippen molar-refractivity contribution in [3.05, 3.63) is 18.9 Å². The number of carbonyl (C=O) groups excluding carboxylic acids is 1. The summed E-state index contributed by atoms with van der Waals surface area (Å²) in [5.41, 5.74) is 0. The Kier molecular flexibility index (Phi) is 3.25. The molecule has 0 bridgehead atoms. The van der Waals surface area contributed by atoms with Crippen LogP contribution < -0.4 is 0 Å². The normalized spacial score (nSPS) is 14.0. The molecular weight excluding hydrogens is 106 g/mol. The fraction of sp³-hybridized carbons (Fsp3) is 0.200. The van der Waals surface area contributed by atoms with Crippen LogP contribution in [0.2, 0.25) is 0 Å². The molecule has 42 valence electrons. The summed E-state index contributed by atoms with van der Waals surface area (Å²) < 4.78 is 4.33. The van der Waals surface area contributed by atoms with Crippen LogP contribution in [-0.4, -0.2) is 5.97 Å². The maximum Gasteiger partial charge on any atom is 0.314 e. The molecule has 0 spiro atoms. The van der Waals surface area contributed by atoms with Crippen LogP contribution >= 0.6 is 0 Å². The van der Waals surface area contributed by atoms with Gasteiger partial charge in [0, 0.05) is 0 Å². The molecule has 0 fully saturated rings. The van der Waals surface area contributed by atoms with Crippen molar-refractivity contribution in [2.75, 3.05) is 0 Å². The highest BCUT2D eigenvalue weighted by atomic mass is 16.5. The fourth-order valence-electron chi connectivity index (χ4n) is 0.316. The van der Waals surface area contributed by atoms with Crippen LogP contribution in [0.4, 0.5) is 0 Å². The number of esters is 1. The van der Waals surface area contributed by atoms with Gasteiger partial charge >= 0.3 is 5.97 Å². The van der Waals surface area contributed by atoms with Gasteiger partial charge in [0.05, 0.1) is 12.7 Å². The van der Waals surface area contributed by atoms with E-state index in [1.807, 2.05) is 0 Å². The predicted octanol–water partition coefficient (Wildman–Crippen LogP) is 0.543. The van der Waals surface area contributed by atoms with E-state index >= 15 is 0 Å². The number of carbonyl (C=O) groups is 1. The van der Waals surface area contributed by atoms with Crippen LogP contribution in [0.3, 0.4) is 0 Å². The van der Waals surface area contributed by atoms with Crippen molar-refractivity contribution >= 4 is 5.97 Å². The first-order chi connectivity index (χ1) is 3.89. The Morgan fingerprint density at radius 1 is 1.75 bits per heavy atom. The van der Waals surface area contributed by atoms with Gasteiger partial charge in [0.2, 0.25) is 0 Å². The topological polar surface area (TPSA) is 50.1 Å². The number of hydrogen-bond donors (Lipinski definition) is 0. The zero-order valence-corrected chi connectivity index (χ0v) is 4.13. The molecule has 1 aliphatic heterocycles. The van der Waals surface area contributed by atoms with Crippen molar-refractivity contribution in [1.29, 1.82) is 5.26 Å². The molecule has 1 heterocycles. The highest BCUT2D eigenvalue weighted by Crippen LogP contribution is 1.96. The first-order valence-electron chi connectivity index (χ1n) is 1.96. The average molecular weight is 110 g/mol. The largest absolute Gasteiger partial charge is 0.512 e. The predicted molar refractivity (Wildman–Crippen MR) is 24.8 cm³/mol. The second-order valence-electron chi connectivity index (χ2n) is 1.07. The molecule has 0 atom stereocenters. The Balaban J connectivity index is 0.000000222. The number of ether oxygens (including phenoxy) is 1. The molecule has 1 aliphatic rings. The smallest absolute Gasteiger partial charge is 0.314 e. The van der Waals surface area contributed by atoms with E-state index in [4.69, 9.17) is 11.8 Å². The van der Waals surface area contributed by atoms with Gasteiger partial charge in [-0.3, -0.25) is 4.79 Å². The SMILES string of the molecule is O=C1CC=CO1.[C-]#N. The zero-order valence-electron chi connectivity index (χ0n) is 4.13. The maximum atomic E-state index is 9.96. The number of rotatable bonds is 0. The summed E-state index contributed by atoms with van der Waals surface area (Å²) in [6, 6.07) is 0. The fourth-order valence-corrected chi connectivity index (χ4v) is 0.316. The summed E-state index contributed by atoms with van der Waals surface area (Å²) in [5, 5.41) is 6.25. The van der Waals surface area contributed by atoms with Gasteiger partial charge in [-0.05, 0) is 6.08 Å². The highest BCUT2D eigenvalue weighted by Gasteiger charge is 2.00. The lowest BCUT2D eigenvalue weighted by Crippen LogP contribution is -1.87. The maximum absolute atomic E-state index is 9.96. The van der Waals surface area contributed by atoms with Gasteiger partial charge in [-0.2, -0.15) is 0 Å². The molecule has 0 saturated heterocycles. The number of nitrogens with zero attached hydrogens (tertiary/aromatic N) is 1. The molecule has 0 N–H and O–H groups in total.